The van der Waals surface area contributed by atoms with Crippen LogP contribution in [0.3, 0.4) is 0 Å². The summed E-state index contributed by atoms with van der Waals surface area (Å²) in [5.41, 5.74) is 0.961. The van der Waals surface area contributed by atoms with Crippen molar-refractivity contribution in [1.82, 2.24) is 10.3 Å². The highest BCUT2D eigenvalue weighted by Crippen LogP contribution is 2.17. The van der Waals surface area contributed by atoms with E-state index in [1.54, 1.807) is 13.0 Å². The first-order valence-corrected chi connectivity index (χ1v) is 6.89. The number of urea groups is 1. The summed E-state index contributed by atoms with van der Waals surface area (Å²) in [4.78, 5) is 25.7. The smallest absolute Gasteiger partial charge is 0.354 e. The molecule has 0 aromatic carbocycles. The van der Waals surface area contributed by atoms with Gasteiger partial charge < -0.3 is 20.7 Å². The van der Waals surface area contributed by atoms with Crippen molar-refractivity contribution in [3.63, 3.8) is 0 Å². The van der Waals surface area contributed by atoms with E-state index in [2.05, 4.69) is 29.5 Å². The maximum atomic E-state index is 11.9. The predicted octanol–water partition coefficient (Wildman–Crippen LogP) is 2.97. The van der Waals surface area contributed by atoms with Gasteiger partial charge in [-0.1, -0.05) is 26.7 Å². The number of carboxylic acids is 1. The van der Waals surface area contributed by atoms with Crippen molar-refractivity contribution in [3.8, 4) is 0 Å². The number of aromatic carboxylic acids is 1. The van der Waals surface area contributed by atoms with Crippen LogP contribution in [-0.4, -0.2) is 28.1 Å². The van der Waals surface area contributed by atoms with Crippen LogP contribution < -0.4 is 10.6 Å². The van der Waals surface area contributed by atoms with Crippen LogP contribution in [0.2, 0.25) is 0 Å². The molecule has 0 bridgehead atoms. The van der Waals surface area contributed by atoms with Gasteiger partial charge >= 0.3 is 12.0 Å². The minimum atomic E-state index is -1.10. The summed E-state index contributed by atoms with van der Waals surface area (Å²) in [6, 6.07) is 1.26. The Morgan fingerprint density at radius 3 is 2.45 bits per heavy atom. The van der Waals surface area contributed by atoms with Gasteiger partial charge in [-0.25, -0.2) is 9.59 Å². The number of H-pyrrole nitrogens is 1. The average Bonchev–Trinajstić information content (AvgIpc) is 2.71. The number of nitrogens with one attached hydrogen (secondary N) is 3. The summed E-state index contributed by atoms with van der Waals surface area (Å²) in [5, 5.41) is 14.5. The molecule has 0 fully saturated rings. The molecular formula is C14H23N3O3. The Morgan fingerprint density at radius 1 is 1.35 bits per heavy atom. The first-order valence-electron chi connectivity index (χ1n) is 6.89. The lowest BCUT2D eigenvalue weighted by Gasteiger charge is -2.22. The van der Waals surface area contributed by atoms with Gasteiger partial charge in [-0.3, -0.25) is 0 Å². The zero-order valence-electron chi connectivity index (χ0n) is 12.4. The number of aromatic amines is 1. The largest absolute Gasteiger partial charge is 0.477 e. The topological polar surface area (TPSA) is 94.2 Å². The van der Waals surface area contributed by atoms with Crippen LogP contribution in [0.25, 0.3) is 0 Å². The monoisotopic (exact) mass is 281 g/mol. The van der Waals surface area contributed by atoms with Gasteiger partial charge in [0.05, 0.1) is 5.69 Å². The SMILES string of the molecule is CCC(CC)C(C)NC(=O)Nc1cc(C)[nH]c1C(=O)O. The Kier molecular flexibility index (Phi) is 5.61. The molecular weight excluding hydrogens is 258 g/mol. The van der Waals surface area contributed by atoms with Gasteiger partial charge in [0.25, 0.3) is 0 Å². The quantitative estimate of drug-likeness (QED) is 0.645. The average molecular weight is 281 g/mol. The number of hydrogen-bond acceptors (Lipinski definition) is 2. The summed E-state index contributed by atoms with van der Waals surface area (Å²) >= 11 is 0. The van der Waals surface area contributed by atoms with Crippen LogP contribution >= 0.6 is 0 Å². The number of carbonyl (C=O) groups excluding carboxylic acids is 1. The highest BCUT2D eigenvalue weighted by atomic mass is 16.4. The number of amides is 2. The molecule has 4 N–H and O–H groups in total. The highest BCUT2D eigenvalue weighted by molar-refractivity contribution is 5.99. The zero-order chi connectivity index (χ0) is 15.3. The van der Waals surface area contributed by atoms with Crippen LogP contribution in [0, 0.1) is 12.8 Å². The molecule has 6 heteroatoms. The molecule has 2 amide bonds. The number of anilines is 1. The number of hydrogen-bond donors (Lipinski definition) is 4. The molecule has 0 aliphatic heterocycles. The second-order valence-corrected chi connectivity index (χ2v) is 5.01. The molecule has 0 aliphatic rings. The molecule has 1 heterocycles. The third-order valence-corrected chi connectivity index (χ3v) is 3.53. The molecule has 0 radical (unpaired) electrons. The number of aromatic nitrogens is 1. The van der Waals surface area contributed by atoms with Crippen LogP contribution in [0.5, 0.6) is 0 Å². The van der Waals surface area contributed by atoms with Crippen molar-refractivity contribution < 1.29 is 14.7 Å². The van der Waals surface area contributed by atoms with E-state index in [1.165, 1.54) is 0 Å². The lowest BCUT2D eigenvalue weighted by atomic mass is 9.96. The van der Waals surface area contributed by atoms with Crippen molar-refractivity contribution in [2.75, 3.05) is 5.32 Å². The molecule has 1 atom stereocenters. The number of carbonyl (C=O) groups is 2. The molecule has 20 heavy (non-hydrogen) atoms. The van der Waals surface area contributed by atoms with Crippen LogP contribution in [0.4, 0.5) is 10.5 Å². The van der Waals surface area contributed by atoms with Gasteiger partial charge in [0.15, 0.2) is 0 Å². The van der Waals surface area contributed by atoms with Crippen molar-refractivity contribution in [2.24, 2.45) is 5.92 Å². The zero-order valence-corrected chi connectivity index (χ0v) is 12.4. The number of carboxylic acid groups (broad SMARTS) is 1. The molecule has 1 rings (SSSR count). The van der Waals surface area contributed by atoms with Gasteiger partial charge in [-0.15, -0.1) is 0 Å². The first-order chi connectivity index (χ1) is 9.38. The highest BCUT2D eigenvalue weighted by Gasteiger charge is 2.18. The number of aryl methyl sites for hydroxylation is 1. The first kappa shape index (κ1) is 16.1. The van der Waals surface area contributed by atoms with Crippen LogP contribution in [0.15, 0.2) is 6.07 Å². The standard InChI is InChI=1S/C14H23N3O3/c1-5-10(6-2)9(4)16-14(20)17-11-7-8(3)15-12(11)13(18)19/h7,9-10,15H,5-6H2,1-4H3,(H,18,19)(H2,16,17,20). The molecule has 1 unspecified atom stereocenters. The van der Waals surface area contributed by atoms with Crippen molar-refractivity contribution >= 4 is 17.7 Å². The van der Waals surface area contributed by atoms with E-state index >= 15 is 0 Å². The minimum Gasteiger partial charge on any atom is -0.477 e. The maximum Gasteiger partial charge on any atom is 0.354 e. The summed E-state index contributed by atoms with van der Waals surface area (Å²) in [7, 11) is 0. The van der Waals surface area contributed by atoms with Crippen LogP contribution in [-0.2, 0) is 0 Å². The summed E-state index contributed by atoms with van der Waals surface area (Å²) in [5.74, 6) is -0.686. The molecule has 112 valence electrons. The van der Waals surface area contributed by atoms with Crippen LogP contribution in [0.1, 0.15) is 49.8 Å². The Labute approximate surface area is 119 Å². The van der Waals surface area contributed by atoms with Gasteiger partial charge in [0, 0.05) is 11.7 Å². The summed E-state index contributed by atoms with van der Waals surface area (Å²) in [6.45, 7) is 7.87. The van der Waals surface area contributed by atoms with E-state index in [4.69, 9.17) is 5.11 Å². The van der Waals surface area contributed by atoms with E-state index in [-0.39, 0.29) is 23.5 Å². The summed E-state index contributed by atoms with van der Waals surface area (Å²) < 4.78 is 0. The third kappa shape index (κ3) is 4.01. The normalized spacial score (nSPS) is 12.2. The van der Waals surface area contributed by atoms with Crippen molar-refractivity contribution in [1.29, 1.82) is 0 Å². The molecule has 1 aromatic heterocycles. The Hall–Kier alpha value is -1.98. The molecule has 0 spiro atoms. The van der Waals surface area contributed by atoms with Gasteiger partial charge in [0.1, 0.15) is 5.69 Å². The van der Waals surface area contributed by atoms with Gasteiger partial charge in [-0.05, 0) is 25.8 Å². The fraction of sp³-hybridized carbons (Fsp3) is 0.571. The van der Waals surface area contributed by atoms with Gasteiger partial charge in [-0.2, -0.15) is 0 Å². The van der Waals surface area contributed by atoms with E-state index < -0.39 is 5.97 Å². The van der Waals surface area contributed by atoms with E-state index in [0.29, 0.717) is 11.6 Å². The van der Waals surface area contributed by atoms with Crippen molar-refractivity contribution in [2.45, 2.75) is 46.6 Å². The van der Waals surface area contributed by atoms with Gasteiger partial charge in [0.2, 0.25) is 0 Å². The van der Waals surface area contributed by atoms with E-state index in [1.807, 2.05) is 6.92 Å². The second kappa shape index (κ2) is 6.98. The lowest BCUT2D eigenvalue weighted by molar-refractivity contribution is 0.0692. The lowest BCUT2D eigenvalue weighted by Crippen LogP contribution is -2.40. The molecule has 0 aliphatic carbocycles. The Bertz CT molecular complexity index is 478. The summed E-state index contributed by atoms with van der Waals surface area (Å²) in [6.07, 6.45) is 1.98. The molecule has 6 nitrogen and oxygen atoms in total. The number of rotatable bonds is 6. The predicted molar refractivity (Wildman–Crippen MR) is 78.2 cm³/mol. The van der Waals surface area contributed by atoms with E-state index in [0.717, 1.165) is 12.8 Å². The second-order valence-electron chi connectivity index (χ2n) is 5.01. The third-order valence-electron chi connectivity index (χ3n) is 3.53. The van der Waals surface area contributed by atoms with Crippen molar-refractivity contribution in [3.05, 3.63) is 17.5 Å². The minimum absolute atomic E-state index is 0.00663. The fourth-order valence-corrected chi connectivity index (χ4v) is 2.34. The molecule has 0 saturated carbocycles. The molecule has 1 aromatic rings. The Balaban J connectivity index is 2.69. The maximum absolute atomic E-state index is 11.9. The Morgan fingerprint density at radius 2 is 1.95 bits per heavy atom. The molecule has 0 saturated heterocycles. The fourth-order valence-electron chi connectivity index (χ4n) is 2.34. The van der Waals surface area contributed by atoms with E-state index in [9.17, 15) is 9.59 Å².